The zero-order valence-electron chi connectivity index (χ0n) is 14.2. The molecule has 1 aromatic carbocycles. The summed E-state index contributed by atoms with van der Waals surface area (Å²) in [6.07, 6.45) is 4.05. The van der Waals surface area contributed by atoms with Gasteiger partial charge in [0.2, 0.25) is 0 Å². The fourth-order valence-corrected chi connectivity index (χ4v) is 2.95. The molecule has 1 saturated carbocycles. The molecule has 2 aliphatic rings. The average molecular weight is 348 g/mol. The molecule has 136 valence electrons. The molecule has 3 rings (SSSR count). The number of anilines is 1. The van der Waals surface area contributed by atoms with E-state index >= 15 is 0 Å². The SMILES string of the molecule is O=C(NC[C@@H]1COCCO1)Nc1ccc(C(=O)OC2CCCC2)cc1. The highest BCUT2D eigenvalue weighted by molar-refractivity contribution is 5.92. The number of urea groups is 1. The van der Waals surface area contributed by atoms with E-state index in [1.807, 2.05) is 0 Å². The minimum Gasteiger partial charge on any atom is -0.459 e. The minimum atomic E-state index is -0.324. The van der Waals surface area contributed by atoms with Crippen LogP contribution >= 0.6 is 0 Å². The van der Waals surface area contributed by atoms with Crippen molar-refractivity contribution >= 4 is 17.7 Å². The van der Waals surface area contributed by atoms with E-state index in [0.29, 0.717) is 37.6 Å². The Balaban J connectivity index is 1.43. The Morgan fingerprint density at radius 1 is 1.12 bits per heavy atom. The summed E-state index contributed by atoms with van der Waals surface area (Å²) in [4.78, 5) is 24.0. The lowest BCUT2D eigenvalue weighted by Crippen LogP contribution is -2.41. The molecule has 0 spiro atoms. The standard InChI is InChI=1S/C18H24N2O5/c21-17(25-15-3-1-2-4-15)13-5-7-14(8-6-13)20-18(22)19-11-16-12-23-9-10-24-16/h5-8,15-16H,1-4,9-12H2,(H2,19,20,22)/t16-/m1/s1. The fraction of sp³-hybridized carbons (Fsp3) is 0.556. The van der Waals surface area contributed by atoms with Crippen molar-refractivity contribution < 1.29 is 23.8 Å². The smallest absolute Gasteiger partial charge is 0.338 e. The molecule has 2 amide bonds. The van der Waals surface area contributed by atoms with Crippen molar-refractivity contribution in [3.63, 3.8) is 0 Å². The Kier molecular flexibility index (Phi) is 6.25. The van der Waals surface area contributed by atoms with Crippen LogP contribution in [0.5, 0.6) is 0 Å². The predicted molar refractivity (Wildman–Crippen MR) is 91.7 cm³/mol. The molecular weight excluding hydrogens is 324 g/mol. The Morgan fingerprint density at radius 2 is 1.88 bits per heavy atom. The Hall–Kier alpha value is -2.12. The van der Waals surface area contributed by atoms with E-state index in [1.165, 1.54) is 0 Å². The van der Waals surface area contributed by atoms with Crippen molar-refractivity contribution in [1.29, 1.82) is 0 Å². The summed E-state index contributed by atoms with van der Waals surface area (Å²) >= 11 is 0. The van der Waals surface area contributed by atoms with Gasteiger partial charge in [-0.3, -0.25) is 0 Å². The van der Waals surface area contributed by atoms with Gasteiger partial charge in [0.25, 0.3) is 0 Å². The van der Waals surface area contributed by atoms with Gasteiger partial charge in [-0.1, -0.05) is 0 Å². The van der Waals surface area contributed by atoms with Gasteiger partial charge in [-0.25, -0.2) is 9.59 Å². The van der Waals surface area contributed by atoms with Crippen molar-refractivity contribution in [1.82, 2.24) is 5.32 Å². The van der Waals surface area contributed by atoms with Crippen molar-refractivity contribution in [2.24, 2.45) is 0 Å². The molecule has 0 radical (unpaired) electrons. The summed E-state index contributed by atoms with van der Waals surface area (Å²) < 4.78 is 16.2. The third-order valence-electron chi connectivity index (χ3n) is 4.33. The summed E-state index contributed by atoms with van der Waals surface area (Å²) in [7, 11) is 0. The number of esters is 1. The molecule has 1 aliphatic heterocycles. The molecule has 0 aromatic heterocycles. The van der Waals surface area contributed by atoms with Gasteiger partial charge in [-0.05, 0) is 49.9 Å². The van der Waals surface area contributed by atoms with Crippen LogP contribution in [0.2, 0.25) is 0 Å². The van der Waals surface area contributed by atoms with Crippen LogP contribution in [-0.4, -0.2) is 50.6 Å². The molecule has 1 atom stereocenters. The van der Waals surface area contributed by atoms with Crippen molar-refractivity contribution in [2.75, 3.05) is 31.7 Å². The number of hydrogen-bond acceptors (Lipinski definition) is 5. The first-order valence-corrected chi connectivity index (χ1v) is 8.76. The molecular formula is C18H24N2O5. The summed E-state index contributed by atoms with van der Waals surface area (Å²) in [6.45, 7) is 2.01. The lowest BCUT2D eigenvalue weighted by molar-refractivity contribution is -0.0852. The summed E-state index contributed by atoms with van der Waals surface area (Å²) in [5.41, 5.74) is 1.10. The van der Waals surface area contributed by atoms with Crippen LogP contribution in [0.1, 0.15) is 36.0 Å². The Bertz CT molecular complexity index is 578. The highest BCUT2D eigenvalue weighted by Crippen LogP contribution is 2.22. The van der Waals surface area contributed by atoms with Crippen molar-refractivity contribution in [3.05, 3.63) is 29.8 Å². The zero-order valence-corrected chi connectivity index (χ0v) is 14.2. The van der Waals surface area contributed by atoms with Gasteiger partial charge in [0, 0.05) is 12.2 Å². The van der Waals surface area contributed by atoms with E-state index in [1.54, 1.807) is 24.3 Å². The van der Waals surface area contributed by atoms with Crippen LogP contribution in [0.4, 0.5) is 10.5 Å². The van der Waals surface area contributed by atoms with E-state index < -0.39 is 0 Å². The molecule has 0 bridgehead atoms. The van der Waals surface area contributed by atoms with E-state index in [9.17, 15) is 9.59 Å². The predicted octanol–water partition coefficient (Wildman–Crippen LogP) is 2.32. The number of ether oxygens (including phenoxy) is 3. The van der Waals surface area contributed by atoms with Crippen LogP contribution in [0, 0.1) is 0 Å². The number of nitrogens with one attached hydrogen (secondary N) is 2. The van der Waals surface area contributed by atoms with Gasteiger partial charge in [0.15, 0.2) is 0 Å². The fourth-order valence-electron chi connectivity index (χ4n) is 2.95. The third-order valence-corrected chi connectivity index (χ3v) is 4.33. The van der Waals surface area contributed by atoms with E-state index in [0.717, 1.165) is 25.7 Å². The second kappa shape index (κ2) is 8.82. The van der Waals surface area contributed by atoms with E-state index in [2.05, 4.69) is 10.6 Å². The van der Waals surface area contributed by atoms with Crippen LogP contribution < -0.4 is 10.6 Å². The molecule has 0 unspecified atom stereocenters. The molecule has 25 heavy (non-hydrogen) atoms. The van der Waals surface area contributed by atoms with Gasteiger partial charge in [0.05, 0.1) is 31.5 Å². The first-order chi connectivity index (χ1) is 12.2. The van der Waals surface area contributed by atoms with Crippen LogP contribution in [0.15, 0.2) is 24.3 Å². The maximum Gasteiger partial charge on any atom is 0.338 e. The summed E-state index contributed by atoms with van der Waals surface area (Å²) in [5.74, 6) is -0.308. The maximum atomic E-state index is 12.1. The largest absolute Gasteiger partial charge is 0.459 e. The molecule has 2 fully saturated rings. The number of benzene rings is 1. The van der Waals surface area contributed by atoms with Crippen molar-refractivity contribution in [3.8, 4) is 0 Å². The van der Waals surface area contributed by atoms with Gasteiger partial charge >= 0.3 is 12.0 Å². The van der Waals surface area contributed by atoms with E-state index in [-0.39, 0.29) is 24.2 Å². The number of carbonyl (C=O) groups is 2. The number of rotatable bonds is 5. The van der Waals surface area contributed by atoms with Gasteiger partial charge < -0.3 is 24.8 Å². The molecule has 1 heterocycles. The second-order valence-corrected chi connectivity index (χ2v) is 6.29. The molecule has 1 aromatic rings. The number of hydrogen-bond donors (Lipinski definition) is 2. The first-order valence-electron chi connectivity index (χ1n) is 8.76. The third kappa shape index (κ3) is 5.44. The quantitative estimate of drug-likeness (QED) is 0.798. The summed E-state index contributed by atoms with van der Waals surface area (Å²) in [6, 6.07) is 6.36. The monoisotopic (exact) mass is 348 g/mol. The van der Waals surface area contributed by atoms with Gasteiger partial charge in [0.1, 0.15) is 6.10 Å². The Morgan fingerprint density at radius 3 is 2.56 bits per heavy atom. The second-order valence-electron chi connectivity index (χ2n) is 6.29. The van der Waals surface area contributed by atoms with Crippen LogP contribution in [0.25, 0.3) is 0 Å². The zero-order chi connectivity index (χ0) is 17.5. The molecule has 7 heteroatoms. The number of amides is 2. The van der Waals surface area contributed by atoms with E-state index in [4.69, 9.17) is 14.2 Å². The molecule has 2 N–H and O–H groups in total. The minimum absolute atomic E-state index is 0.0436. The lowest BCUT2D eigenvalue weighted by Gasteiger charge is -2.23. The average Bonchev–Trinajstić information content (AvgIpc) is 3.14. The Labute approximate surface area is 147 Å². The van der Waals surface area contributed by atoms with Crippen molar-refractivity contribution in [2.45, 2.75) is 37.9 Å². The molecule has 1 saturated heterocycles. The van der Waals surface area contributed by atoms with Gasteiger partial charge in [-0.2, -0.15) is 0 Å². The highest BCUT2D eigenvalue weighted by Gasteiger charge is 2.20. The van der Waals surface area contributed by atoms with Crippen LogP contribution in [0.3, 0.4) is 0 Å². The highest BCUT2D eigenvalue weighted by atomic mass is 16.6. The molecule has 7 nitrogen and oxygen atoms in total. The summed E-state index contributed by atoms with van der Waals surface area (Å²) in [5, 5.41) is 5.46. The first kappa shape index (κ1) is 17.7. The maximum absolute atomic E-state index is 12.1. The lowest BCUT2D eigenvalue weighted by atomic mass is 10.2. The number of carbonyl (C=O) groups excluding carboxylic acids is 2. The van der Waals surface area contributed by atoms with Crippen LogP contribution in [-0.2, 0) is 14.2 Å². The normalized spacial score (nSPS) is 20.9. The molecule has 1 aliphatic carbocycles. The topological polar surface area (TPSA) is 85.9 Å². The van der Waals surface area contributed by atoms with Gasteiger partial charge in [-0.15, -0.1) is 0 Å².